The molecule has 1 heterocycles. The van der Waals surface area contributed by atoms with Gasteiger partial charge in [-0.05, 0) is 18.2 Å². The Kier molecular flexibility index (Phi) is 4.39. The van der Waals surface area contributed by atoms with E-state index in [1.807, 2.05) is 0 Å². The second kappa shape index (κ2) is 5.88. The van der Waals surface area contributed by atoms with Gasteiger partial charge in [0, 0.05) is 32.6 Å². The van der Waals surface area contributed by atoms with Crippen molar-refractivity contribution < 1.29 is 17.6 Å². The molecule has 0 radical (unpaired) electrons. The fraction of sp³-hybridized carbons (Fsp3) is 0.462. The van der Waals surface area contributed by atoms with Gasteiger partial charge in [-0.15, -0.1) is 0 Å². The molecule has 0 aliphatic carbocycles. The van der Waals surface area contributed by atoms with Gasteiger partial charge < -0.3 is 4.90 Å². The third kappa shape index (κ3) is 2.99. The fourth-order valence-electron chi connectivity index (χ4n) is 2.18. The van der Waals surface area contributed by atoms with Crippen molar-refractivity contribution >= 4 is 15.9 Å². The molecule has 1 fully saturated rings. The van der Waals surface area contributed by atoms with Crippen LogP contribution >= 0.6 is 0 Å². The highest BCUT2D eigenvalue weighted by Crippen LogP contribution is 2.18. The van der Waals surface area contributed by atoms with E-state index in [0.29, 0.717) is 19.5 Å². The van der Waals surface area contributed by atoms with Crippen molar-refractivity contribution in [1.29, 1.82) is 0 Å². The predicted octanol–water partition coefficient (Wildman–Crippen LogP) is 1.07. The quantitative estimate of drug-likeness (QED) is 0.839. The highest BCUT2D eigenvalue weighted by atomic mass is 32.2. The number of hydrogen-bond donors (Lipinski definition) is 0. The van der Waals surface area contributed by atoms with Crippen LogP contribution in [-0.2, 0) is 14.8 Å². The molecule has 0 N–H and O–H groups in total. The van der Waals surface area contributed by atoms with E-state index in [2.05, 4.69) is 0 Å². The van der Waals surface area contributed by atoms with E-state index in [9.17, 15) is 17.6 Å². The van der Waals surface area contributed by atoms with Crippen molar-refractivity contribution in [3.8, 4) is 0 Å². The SMILES string of the molecule is CCC(=O)N1CCN(S(=O)(=O)c2cccc(F)c2)CC1. The zero-order valence-corrected chi connectivity index (χ0v) is 12.1. The minimum Gasteiger partial charge on any atom is -0.340 e. The molecule has 2 rings (SSSR count). The van der Waals surface area contributed by atoms with Crippen LogP contribution in [0.2, 0.25) is 0 Å². The van der Waals surface area contributed by atoms with Crippen molar-refractivity contribution in [1.82, 2.24) is 9.21 Å². The largest absolute Gasteiger partial charge is 0.340 e. The zero-order valence-electron chi connectivity index (χ0n) is 11.3. The average molecular weight is 300 g/mol. The van der Waals surface area contributed by atoms with E-state index in [4.69, 9.17) is 0 Å². The molecule has 0 bridgehead atoms. The number of carbonyl (C=O) groups is 1. The Morgan fingerprint density at radius 1 is 1.25 bits per heavy atom. The van der Waals surface area contributed by atoms with Crippen LogP contribution in [0.4, 0.5) is 4.39 Å². The molecule has 0 unspecified atom stereocenters. The molecular weight excluding hydrogens is 283 g/mol. The Hall–Kier alpha value is -1.47. The van der Waals surface area contributed by atoms with Gasteiger partial charge >= 0.3 is 0 Å². The summed E-state index contributed by atoms with van der Waals surface area (Å²) in [5.41, 5.74) is 0. The maximum Gasteiger partial charge on any atom is 0.243 e. The first kappa shape index (κ1) is 14.9. The second-order valence-electron chi connectivity index (χ2n) is 4.60. The lowest BCUT2D eigenvalue weighted by molar-refractivity contribution is -0.132. The Labute approximate surface area is 118 Å². The lowest BCUT2D eigenvalue weighted by Crippen LogP contribution is -2.50. The lowest BCUT2D eigenvalue weighted by atomic mass is 10.3. The summed E-state index contributed by atoms with van der Waals surface area (Å²) in [4.78, 5) is 13.1. The van der Waals surface area contributed by atoms with Gasteiger partial charge in [0.1, 0.15) is 5.82 Å². The smallest absolute Gasteiger partial charge is 0.243 e. The van der Waals surface area contributed by atoms with E-state index in [-0.39, 0.29) is 23.9 Å². The molecule has 1 aliphatic heterocycles. The van der Waals surface area contributed by atoms with E-state index in [1.165, 1.54) is 22.5 Å². The van der Waals surface area contributed by atoms with Crippen LogP contribution in [0.25, 0.3) is 0 Å². The molecule has 0 aromatic heterocycles. The number of hydrogen-bond acceptors (Lipinski definition) is 3. The van der Waals surface area contributed by atoms with E-state index in [1.54, 1.807) is 11.8 Å². The van der Waals surface area contributed by atoms with Gasteiger partial charge in [-0.3, -0.25) is 4.79 Å². The number of amides is 1. The molecule has 20 heavy (non-hydrogen) atoms. The molecule has 0 saturated carbocycles. The number of nitrogens with zero attached hydrogens (tertiary/aromatic N) is 2. The molecule has 1 amide bonds. The zero-order chi connectivity index (χ0) is 14.8. The molecule has 0 atom stereocenters. The summed E-state index contributed by atoms with van der Waals surface area (Å²) in [6.45, 7) is 3.01. The van der Waals surface area contributed by atoms with E-state index in [0.717, 1.165) is 6.07 Å². The molecule has 110 valence electrons. The summed E-state index contributed by atoms with van der Waals surface area (Å²) in [6.07, 6.45) is 0.413. The summed E-state index contributed by atoms with van der Waals surface area (Å²) in [5.74, 6) is -0.557. The number of halogens is 1. The summed E-state index contributed by atoms with van der Waals surface area (Å²) in [7, 11) is -3.69. The van der Waals surface area contributed by atoms with Crippen molar-refractivity contribution in [3.63, 3.8) is 0 Å². The number of sulfonamides is 1. The molecule has 7 heteroatoms. The first-order chi connectivity index (χ1) is 9.45. The molecule has 0 spiro atoms. The first-order valence-electron chi connectivity index (χ1n) is 6.48. The maximum absolute atomic E-state index is 13.1. The monoisotopic (exact) mass is 300 g/mol. The lowest BCUT2D eigenvalue weighted by Gasteiger charge is -2.33. The van der Waals surface area contributed by atoms with Gasteiger partial charge in [-0.2, -0.15) is 4.31 Å². The normalized spacial score (nSPS) is 17.2. The highest BCUT2D eigenvalue weighted by molar-refractivity contribution is 7.89. The van der Waals surface area contributed by atoms with Crippen molar-refractivity contribution in [2.75, 3.05) is 26.2 Å². The fourth-order valence-corrected chi connectivity index (χ4v) is 3.63. The van der Waals surface area contributed by atoms with Crippen molar-refractivity contribution in [2.45, 2.75) is 18.2 Å². The Morgan fingerprint density at radius 2 is 1.90 bits per heavy atom. The predicted molar refractivity (Wildman–Crippen MR) is 72.0 cm³/mol. The van der Waals surface area contributed by atoms with Crippen LogP contribution < -0.4 is 0 Å². The van der Waals surface area contributed by atoms with Gasteiger partial charge in [0.25, 0.3) is 0 Å². The van der Waals surface area contributed by atoms with Crippen LogP contribution in [0.3, 0.4) is 0 Å². The highest BCUT2D eigenvalue weighted by Gasteiger charge is 2.29. The van der Waals surface area contributed by atoms with Gasteiger partial charge in [0.05, 0.1) is 4.90 Å². The van der Waals surface area contributed by atoms with E-state index >= 15 is 0 Å². The van der Waals surface area contributed by atoms with Crippen LogP contribution in [0, 0.1) is 5.82 Å². The minimum absolute atomic E-state index is 0.0211. The van der Waals surface area contributed by atoms with Gasteiger partial charge in [0.2, 0.25) is 15.9 Å². The van der Waals surface area contributed by atoms with Crippen LogP contribution in [0.5, 0.6) is 0 Å². The molecule has 1 aromatic carbocycles. The summed E-state index contributed by atoms with van der Waals surface area (Å²) >= 11 is 0. The van der Waals surface area contributed by atoms with Crippen molar-refractivity contribution in [2.24, 2.45) is 0 Å². The topological polar surface area (TPSA) is 57.7 Å². The molecule has 1 aromatic rings. The Balaban J connectivity index is 2.11. The Morgan fingerprint density at radius 3 is 2.45 bits per heavy atom. The number of rotatable bonds is 3. The third-order valence-electron chi connectivity index (χ3n) is 3.33. The molecule has 5 nitrogen and oxygen atoms in total. The number of carbonyl (C=O) groups excluding carboxylic acids is 1. The summed E-state index contributed by atoms with van der Waals surface area (Å²) in [5, 5.41) is 0. The van der Waals surface area contributed by atoms with Gasteiger partial charge in [0.15, 0.2) is 0 Å². The van der Waals surface area contributed by atoms with Gasteiger partial charge in [-0.1, -0.05) is 13.0 Å². The second-order valence-corrected chi connectivity index (χ2v) is 6.53. The number of piperazine rings is 1. The van der Waals surface area contributed by atoms with Crippen LogP contribution in [-0.4, -0.2) is 49.7 Å². The average Bonchev–Trinajstić information content (AvgIpc) is 2.46. The van der Waals surface area contributed by atoms with Crippen LogP contribution in [0.15, 0.2) is 29.2 Å². The molecular formula is C13H17FN2O3S. The van der Waals surface area contributed by atoms with E-state index < -0.39 is 15.8 Å². The Bertz CT molecular complexity index is 595. The summed E-state index contributed by atoms with van der Waals surface area (Å²) in [6, 6.07) is 4.97. The molecule has 1 aliphatic rings. The standard InChI is InChI=1S/C13H17FN2O3S/c1-2-13(17)15-6-8-16(9-7-15)20(18,19)12-5-3-4-11(14)10-12/h3-5,10H,2,6-9H2,1H3. The molecule has 1 saturated heterocycles. The van der Waals surface area contributed by atoms with Crippen LogP contribution in [0.1, 0.15) is 13.3 Å². The maximum atomic E-state index is 13.1. The first-order valence-corrected chi connectivity index (χ1v) is 7.92. The van der Waals surface area contributed by atoms with Gasteiger partial charge in [-0.25, -0.2) is 12.8 Å². The summed E-state index contributed by atoms with van der Waals surface area (Å²) < 4.78 is 39.1. The number of benzene rings is 1. The third-order valence-corrected chi connectivity index (χ3v) is 5.22. The minimum atomic E-state index is -3.69. The van der Waals surface area contributed by atoms with Crippen molar-refractivity contribution in [3.05, 3.63) is 30.1 Å².